The van der Waals surface area contributed by atoms with E-state index in [2.05, 4.69) is 69.6 Å². The molecule has 212 valence electrons. The van der Waals surface area contributed by atoms with Crippen LogP contribution in [0, 0.1) is 34.6 Å². The Kier molecular flexibility index (Phi) is 7.91. The Bertz CT molecular complexity index is 1690. The molecule has 9 heteroatoms. The number of aromatic nitrogens is 3. The summed E-state index contributed by atoms with van der Waals surface area (Å²) < 4.78 is 14.5. The Labute approximate surface area is 248 Å². The van der Waals surface area contributed by atoms with Crippen LogP contribution < -0.4 is 20.1 Å². The van der Waals surface area contributed by atoms with Crippen molar-refractivity contribution >= 4 is 33.5 Å². The number of nitrogens with one attached hydrogen (secondary N) is 2. The van der Waals surface area contributed by atoms with Crippen molar-refractivity contribution in [2.45, 2.75) is 54.2 Å². The van der Waals surface area contributed by atoms with Crippen LogP contribution in [-0.4, -0.2) is 27.8 Å². The van der Waals surface area contributed by atoms with E-state index in [0.717, 1.165) is 27.9 Å². The van der Waals surface area contributed by atoms with Crippen LogP contribution in [0.5, 0.6) is 11.5 Å². The van der Waals surface area contributed by atoms with E-state index >= 15 is 0 Å². The molecule has 0 bridgehead atoms. The number of halogens is 1. The molecule has 0 radical (unpaired) electrons. The van der Waals surface area contributed by atoms with Gasteiger partial charge < -0.3 is 20.1 Å². The van der Waals surface area contributed by atoms with Crippen LogP contribution in [0.2, 0.25) is 0 Å². The molecule has 0 saturated heterocycles. The van der Waals surface area contributed by atoms with Crippen LogP contribution >= 0.6 is 15.9 Å². The molecule has 41 heavy (non-hydrogen) atoms. The molecule has 2 N–H and O–H groups in total. The van der Waals surface area contributed by atoms with E-state index in [-0.39, 0.29) is 5.91 Å². The van der Waals surface area contributed by atoms with Gasteiger partial charge in [0.2, 0.25) is 5.95 Å². The fraction of sp³-hybridized carbons (Fsp3) is 0.281. The number of amides is 1. The second-order valence-corrected chi connectivity index (χ2v) is 11.3. The van der Waals surface area contributed by atoms with Gasteiger partial charge in [-0.1, -0.05) is 24.3 Å². The van der Waals surface area contributed by atoms with Gasteiger partial charge >= 0.3 is 0 Å². The van der Waals surface area contributed by atoms with E-state index in [0.29, 0.717) is 39.8 Å². The normalized spacial score (nSPS) is 14.4. The molecule has 1 atom stereocenters. The van der Waals surface area contributed by atoms with E-state index in [9.17, 15) is 4.79 Å². The number of aryl methyl sites for hydroxylation is 4. The predicted molar refractivity (Wildman–Crippen MR) is 165 cm³/mol. The van der Waals surface area contributed by atoms with Crippen LogP contribution in [-0.2, 0) is 11.4 Å². The topological polar surface area (TPSA) is 90.3 Å². The van der Waals surface area contributed by atoms with Gasteiger partial charge in [-0.25, -0.2) is 4.68 Å². The molecular formula is C32H34BrN5O3. The third-order valence-corrected chi connectivity index (χ3v) is 8.37. The molecule has 0 spiro atoms. The molecule has 5 rings (SSSR count). The molecule has 1 unspecified atom stereocenters. The zero-order valence-corrected chi connectivity index (χ0v) is 25.9. The summed E-state index contributed by atoms with van der Waals surface area (Å²) in [7, 11) is 1.61. The average molecular weight is 617 g/mol. The number of rotatable bonds is 7. The monoisotopic (exact) mass is 615 g/mol. The molecule has 3 aromatic carbocycles. The second kappa shape index (κ2) is 11.4. The Hall–Kier alpha value is -4.11. The summed E-state index contributed by atoms with van der Waals surface area (Å²) in [5.41, 5.74) is 9.66. The maximum absolute atomic E-state index is 13.9. The quantitative estimate of drug-likeness (QED) is 0.230. The number of ether oxygens (including phenoxy) is 2. The Morgan fingerprint density at radius 3 is 2.54 bits per heavy atom. The summed E-state index contributed by atoms with van der Waals surface area (Å²) in [6, 6.07) is 13.5. The van der Waals surface area contributed by atoms with Gasteiger partial charge in [0, 0.05) is 11.4 Å². The first kappa shape index (κ1) is 28.4. The van der Waals surface area contributed by atoms with Gasteiger partial charge in [0.1, 0.15) is 19.0 Å². The van der Waals surface area contributed by atoms with Crippen molar-refractivity contribution in [2.24, 2.45) is 0 Å². The van der Waals surface area contributed by atoms with Crippen LogP contribution in [0.3, 0.4) is 0 Å². The molecule has 1 aromatic heterocycles. The minimum atomic E-state index is -0.555. The number of benzene rings is 3. The van der Waals surface area contributed by atoms with Crippen LogP contribution in [0.15, 0.2) is 64.5 Å². The molecule has 2 heterocycles. The highest BCUT2D eigenvalue weighted by Gasteiger charge is 2.34. The van der Waals surface area contributed by atoms with E-state index < -0.39 is 6.04 Å². The first-order valence-electron chi connectivity index (χ1n) is 13.4. The van der Waals surface area contributed by atoms with Crippen molar-refractivity contribution in [3.05, 3.63) is 103 Å². The molecule has 1 aliphatic heterocycles. The molecular weight excluding hydrogens is 582 g/mol. The lowest BCUT2D eigenvalue weighted by molar-refractivity contribution is -0.113. The van der Waals surface area contributed by atoms with E-state index in [1.54, 1.807) is 11.8 Å². The fourth-order valence-corrected chi connectivity index (χ4v) is 5.71. The first-order chi connectivity index (χ1) is 19.6. The summed E-state index contributed by atoms with van der Waals surface area (Å²) in [4.78, 5) is 18.2. The summed E-state index contributed by atoms with van der Waals surface area (Å²) >= 11 is 3.72. The standard InChI is InChI=1S/C32H34BrN5O3/c1-17-9-8-10-26(21(17)5)37-31(39)28-22(6)36-32-34-16-35-38(32)29(28)23-13-25(33)30(27(14-23)40-7)41-15-24-12-19(3)18(2)11-20(24)4/h8-14,16,29H,15H2,1-7H3,(H,37,39)(H,34,35,36). The van der Waals surface area contributed by atoms with Gasteiger partial charge in [-0.2, -0.15) is 10.1 Å². The smallest absolute Gasteiger partial charge is 0.255 e. The molecule has 1 aliphatic rings. The van der Waals surface area contributed by atoms with Crippen molar-refractivity contribution in [1.82, 2.24) is 14.8 Å². The zero-order chi connectivity index (χ0) is 29.4. The Morgan fingerprint density at radius 1 is 1.02 bits per heavy atom. The van der Waals surface area contributed by atoms with Gasteiger partial charge in [0.05, 0.1) is 17.2 Å². The highest BCUT2D eigenvalue weighted by atomic mass is 79.9. The zero-order valence-electron chi connectivity index (χ0n) is 24.3. The number of nitrogens with zero attached hydrogens (tertiary/aromatic N) is 3. The lowest BCUT2D eigenvalue weighted by atomic mass is 9.94. The van der Waals surface area contributed by atoms with Gasteiger partial charge in [0.15, 0.2) is 11.5 Å². The summed E-state index contributed by atoms with van der Waals surface area (Å²) in [5.74, 6) is 1.46. The van der Waals surface area contributed by atoms with Crippen molar-refractivity contribution < 1.29 is 14.3 Å². The van der Waals surface area contributed by atoms with Crippen molar-refractivity contribution in [3.63, 3.8) is 0 Å². The lowest BCUT2D eigenvalue weighted by Crippen LogP contribution is -2.31. The van der Waals surface area contributed by atoms with Crippen molar-refractivity contribution in [3.8, 4) is 11.5 Å². The van der Waals surface area contributed by atoms with Crippen molar-refractivity contribution in [1.29, 1.82) is 0 Å². The largest absolute Gasteiger partial charge is 0.493 e. The number of hydrogen-bond acceptors (Lipinski definition) is 6. The Balaban J connectivity index is 1.52. The molecule has 0 fully saturated rings. The SMILES string of the molecule is COc1cc(C2C(C(=O)Nc3cccc(C)c3C)=C(C)Nc3ncnn32)cc(Br)c1OCc1cc(C)c(C)cc1C. The minimum Gasteiger partial charge on any atom is -0.493 e. The predicted octanol–water partition coefficient (Wildman–Crippen LogP) is 7.10. The van der Waals surface area contributed by atoms with Crippen molar-refractivity contribution in [2.75, 3.05) is 17.7 Å². The van der Waals surface area contributed by atoms with Gasteiger partial charge in [0.25, 0.3) is 5.91 Å². The highest BCUT2D eigenvalue weighted by molar-refractivity contribution is 9.10. The number of carbonyl (C=O) groups is 1. The van der Waals surface area contributed by atoms with Gasteiger partial charge in [-0.15, -0.1) is 0 Å². The Morgan fingerprint density at radius 2 is 1.78 bits per heavy atom. The number of allylic oxidation sites excluding steroid dienone is 1. The summed E-state index contributed by atoms with van der Waals surface area (Å²) in [5, 5.41) is 10.8. The highest BCUT2D eigenvalue weighted by Crippen LogP contribution is 2.43. The molecule has 0 saturated carbocycles. The van der Waals surface area contributed by atoms with Crippen LogP contribution in [0.4, 0.5) is 11.6 Å². The summed E-state index contributed by atoms with van der Waals surface area (Å²) in [6.45, 7) is 12.6. The summed E-state index contributed by atoms with van der Waals surface area (Å²) in [6.07, 6.45) is 1.48. The number of anilines is 2. The maximum atomic E-state index is 13.9. The second-order valence-electron chi connectivity index (χ2n) is 10.5. The number of carbonyl (C=O) groups excluding carboxylic acids is 1. The van der Waals surface area contributed by atoms with Crippen LogP contribution in [0.1, 0.15) is 51.9 Å². The molecule has 0 aliphatic carbocycles. The third-order valence-electron chi connectivity index (χ3n) is 7.78. The minimum absolute atomic E-state index is 0.226. The van der Waals surface area contributed by atoms with E-state index in [1.807, 2.05) is 51.1 Å². The van der Waals surface area contributed by atoms with Crippen LogP contribution in [0.25, 0.3) is 0 Å². The first-order valence-corrected chi connectivity index (χ1v) is 14.2. The molecule has 1 amide bonds. The maximum Gasteiger partial charge on any atom is 0.255 e. The van der Waals surface area contributed by atoms with E-state index in [4.69, 9.17) is 9.47 Å². The number of hydrogen-bond donors (Lipinski definition) is 2. The third kappa shape index (κ3) is 5.46. The molecule has 8 nitrogen and oxygen atoms in total. The fourth-order valence-electron chi connectivity index (χ4n) is 5.13. The number of methoxy groups -OCH3 is 1. The lowest BCUT2D eigenvalue weighted by Gasteiger charge is -2.29. The van der Waals surface area contributed by atoms with Gasteiger partial charge in [-0.05, 0) is 115 Å². The molecule has 4 aromatic rings. The average Bonchev–Trinajstić information content (AvgIpc) is 3.40. The van der Waals surface area contributed by atoms with Gasteiger partial charge in [-0.3, -0.25) is 4.79 Å². The van der Waals surface area contributed by atoms with E-state index in [1.165, 1.54) is 23.0 Å². The number of fused-ring (bicyclic) bond motifs is 1.